The first kappa shape index (κ1) is 15.0. The van der Waals surface area contributed by atoms with Crippen molar-refractivity contribution in [2.45, 2.75) is 4.86 Å². The molecule has 1 aromatic carbocycles. The van der Waals surface area contributed by atoms with E-state index in [-0.39, 0.29) is 5.75 Å². The van der Waals surface area contributed by atoms with Gasteiger partial charge in [-0.25, -0.2) is 4.57 Å². The Kier molecular flexibility index (Phi) is 4.67. The molecule has 6 nitrogen and oxygen atoms in total. The molecule has 0 spiro atoms. The molecule has 0 saturated carbocycles. The molecule has 0 aliphatic rings. The van der Waals surface area contributed by atoms with Crippen molar-refractivity contribution in [3.63, 3.8) is 0 Å². The average molecular weight is 321 g/mol. The van der Waals surface area contributed by atoms with Crippen LogP contribution in [0.3, 0.4) is 0 Å². The van der Waals surface area contributed by atoms with E-state index in [1.54, 1.807) is 0 Å². The van der Waals surface area contributed by atoms with Gasteiger partial charge in [-0.05, 0) is 24.3 Å². The fraction of sp³-hybridized carbons (Fsp3) is 0.143. The van der Waals surface area contributed by atoms with Crippen LogP contribution in [0.25, 0.3) is 0 Å². The van der Waals surface area contributed by atoms with Crippen molar-refractivity contribution in [2.75, 3.05) is 0 Å². The van der Waals surface area contributed by atoms with Crippen molar-refractivity contribution in [2.24, 2.45) is 0 Å². The molecule has 0 saturated heterocycles. The summed E-state index contributed by atoms with van der Waals surface area (Å²) in [4.78, 5) is 24.4. The molecule has 0 radical (unpaired) electrons. The van der Waals surface area contributed by atoms with Crippen LogP contribution < -0.4 is 4.52 Å². The maximum atomic E-state index is 11.5. The summed E-state index contributed by atoms with van der Waals surface area (Å²) in [7, 11) is -9.61. The number of alkyl halides is 1. The zero-order valence-electron chi connectivity index (χ0n) is 8.10. The minimum Gasteiger partial charge on any atom is -0.423 e. The summed E-state index contributed by atoms with van der Waals surface area (Å²) in [6.07, 6.45) is 0. The number of benzene rings is 1. The van der Waals surface area contributed by atoms with Crippen LogP contribution >= 0.6 is 38.4 Å². The zero-order valence-corrected chi connectivity index (χ0v) is 11.4. The van der Waals surface area contributed by atoms with E-state index < -0.39 is 20.1 Å². The Morgan fingerprint density at radius 1 is 1.12 bits per heavy atom. The molecule has 2 atom stereocenters. The highest BCUT2D eigenvalue weighted by molar-refractivity contribution is 7.74. The number of rotatable bonds is 4. The summed E-state index contributed by atoms with van der Waals surface area (Å²) in [5.74, 6) is -0.0701. The Morgan fingerprint density at radius 3 is 2.00 bits per heavy atom. The third-order valence-electron chi connectivity index (χ3n) is 1.60. The van der Waals surface area contributed by atoms with Crippen LogP contribution in [0, 0.1) is 0 Å². The van der Waals surface area contributed by atoms with Gasteiger partial charge in [0, 0.05) is 5.02 Å². The summed E-state index contributed by atoms with van der Waals surface area (Å²) < 4.78 is 26.8. The van der Waals surface area contributed by atoms with E-state index in [2.05, 4.69) is 4.52 Å². The van der Waals surface area contributed by atoms with Crippen LogP contribution in [0.5, 0.6) is 5.75 Å². The Balaban J connectivity index is 2.90. The van der Waals surface area contributed by atoms with E-state index in [1.165, 1.54) is 24.3 Å². The van der Waals surface area contributed by atoms with Gasteiger partial charge in [0.05, 0.1) is 0 Å². The molecule has 0 aliphatic heterocycles. The van der Waals surface area contributed by atoms with Gasteiger partial charge in [0.15, 0.2) is 0 Å². The van der Waals surface area contributed by atoms with E-state index in [9.17, 15) is 14.0 Å². The van der Waals surface area contributed by atoms with Crippen molar-refractivity contribution >= 4 is 38.4 Å². The van der Waals surface area contributed by atoms with Gasteiger partial charge < -0.3 is 19.2 Å². The van der Waals surface area contributed by atoms with Gasteiger partial charge in [-0.3, -0.25) is 4.57 Å². The highest BCUT2D eigenvalue weighted by Crippen LogP contribution is 2.64. The molecule has 0 aromatic heterocycles. The molecule has 1 rings (SSSR count). The van der Waals surface area contributed by atoms with Gasteiger partial charge in [-0.2, -0.15) is 0 Å². The molecule has 0 fully saturated rings. The predicted octanol–water partition coefficient (Wildman–Crippen LogP) is 2.60. The summed E-state index contributed by atoms with van der Waals surface area (Å²) in [6.45, 7) is 0. The molecule has 17 heavy (non-hydrogen) atoms. The molecule has 0 bridgehead atoms. The molecule has 0 amide bonds. The van der Waals surface area contributed by atoms with Crippen LogP contribution in [0.15, 0.2) is 24.3 Å². The topological polar surface area (TPSA) is 104 Å². The summed E-state index contributed by atoms with van der Waals surface area (Å²) in [5, 5.41) is 0.377. The lowest BCUT2D eigenvalue weighted by molar-refractivity contribution is 0.355. The highest BCUT2D eigenvalue weighted by atomic mass is 35.5. The van der Waals surface area contributed by atoms with E-state index in [1.807, 2.05) is 0 Å². The summed E-state index contributed by atoms with van der Waals surface area (Å²) in [6, 6.07) is 5.32. The van der Waals surface area contributed by atoms with Crippen molar-refractivity contribution in [3.05, 3.63) is 29.3 Å². The smallest absolute Gasteiger partial charge is 0.406 e. The van der Waals surface area contributed by atoms with Crippen LogP contribution in [0.4, 0.5) is 0 Å². The third-order valence-corrected chi connectivity index (χ3v) is 6.70. The Labute approximate surface area is 107 Å². The second kappa shape index (κ2) is 5.29. The van der Waals surface area contributed by atoms with Gasteiger partial charge in [0.1, 0.15) is 5.75 Å². The first-order chi connectivity index (χ1) is 7.63. The number of hydrogen-bond donors (Lipinski definition) is 3. The third kappa shape index (κ3) is 4.27. The first-order valence-electron chi connectivity index (χ1n) is 4.10. The van der Waals surface area contributed by atoms with E-state index in [0.29, 0.717) is 5.02 Å². The largest absolute Gasteiger partial charge is 0.423 e. The lowest BCUT2D eigenvalue weighted by Crippen LogP contribution is -2.06. The first-order valence-corrected chi connectivity index (χ1v) is 8.24. The number of hydrogen-bond acceptors (Lipinski definition) is 3. The van der Waals surface area contributed by atoms with Crippen LogP contribution in [-0.2, 0) is 9.13 Å². The molecule has 0 heterocycles. The lowest BCUT2D eigenvalue weighted by Gasteiger charge is -2.18. The second-order valence-electron chi connectivity index (χ2n) is 3.01. The van der Waals surface area contributed by atoms with Crippen molar-refractivity contribution in [1.29, 1.82) is 0 Å². The maximum Gasteiger partial charge on any atom is 0.406 e. The molecule has 96 valence electrons. The van der Waals surface area contributed by atoms with Crippen LogP contribution in [0.1, 0.15) is 0 Å². The van der Waals surface area contributed by atoms with Gasteiger partial charge in [0.25, 0.3) is 0 Å². The van der Waals surface area contributed by atoms with E-state index in [0.717, 1.165) is 0 Å². The highest BCUT2D eigenvalue weighted by Gasteiger charge is 2.45. The van der Waals surface area contributed by atoms with Crippen LogP contribution in [0.2, 0.25) is 5.02 Å². The summed E-state index contributed by atoms with van der Waals surface area (Å²) >= 11 is 10.8. The Morgan fingerprint density at radius 2 is 1.59 bits per heavy atom. The Bertz CT molecular complexity index is 484. The molecule has 10 heteroatoms. The minimum atomic E-state index is -4.92. The van der Waals surface area contributed by atoms with Gasteiger partial charge in [0.2, 0.25) is 4.86 Å². The average Bonchev–Trinajstić information content (AvgIpc) is 2.19. The second-order valence-corrected chi connectivity index (χ2v) is 8.42. The van der Waals surface area contributed by atoms with Gasteiger partial charge in [-0.15, -0.1) is 0 Å². The van der Waals surface area contributed by atoms with Crippen molar-refractivity contribution < 1.29 is 28.3 Å². The molecule has 1 aromatic rings. The molecular formula is C7H8Cl2O6P2. The van der Waals surface area contributed by atoms with E-state index >= 15 is 0 Å². The zero-order chi connectivity index (χ0) is 13.3. The van der Waals surface area contributed by atoms with Gasteiger partial charge >= 0.3 is 15.2 Å². The van der Waals surface area contributed by atoms with Crippen molar-refractivity contribution in [1.82, 2.24) is 0 Å². The molecule has 0 aliphatic carbocycles. The molecule has 2 unspecified atom stereocenters. The fourth-order valence-electron chi connectivity index (χ4n) is 0.880. The van der Waals surface area contributed by atoms with Gasteiger partial charge in [-0.1, -0.05) is 23.2 Å². The number of halogens is 2. The van der Waals surface area contributed by atoms with Crippen molar-refractivity contribution in [3.8, 4) is 5.75 Å². The fourth-order valence-corrected chi connectivity index (χ4v) is 3.30. The quantitative estimate of drug-likeness (QED) is 0.582. The standard InChI is InChI=1S/C7H8Cl2O6P2/c8-5-1-3-6(4-2-5)15-17(13,14)7(9)16(10,11)12/h1-4,7H,(H,13,14)(H2,10,11,12). The normalized spacial score (nSPS) is 17.2. The SMILES string of the molecule is O=P(O)(O)C(Cl)P(=O)(O)Oc1ccc(Cl)cc1. The summed E-state index contributed by atoms with van der Waals surface area (Å²) in [5.41, 5.74) is 0. The van der Waals surface area contributed by atoms with E-state index in [4.69, 9.17) is 33.0 Å². The minimum absolute atomic E-state index is 0.0701. The monoisotopic (exact) mass is 320 g/mol. The van der Waals surface area contributed by atoms with Crippen LogP contribution in [-0.4, -0.2) is 19.5 Å². The molecular weight excluding hydrogens is 313 g/mol. The maximum absolute atomic E-state index is 11.5. The molecule has 3 N–H and O–H groups in total. The predicted molar refractivity (Wildman–Crippen MR) is 63.6 cm³/mol. The Hall–Kier alpha value is -0.0600. The lowest BCUT2D eigenvalue weighted by atomic mass is 10.3.